The molecule has 0 aromatic carbocycles. The van der Waals surface area contributed by atoms with Gasteiger partial charge >= 0.3 is 0 Å². The van der Waals surface area contributed by atoms with E-state index >= 15 is 0 Å². The Balaban J connectivity index is 1.74. The minimum atomic E-state index is 1.27. The third kappa shape index (κ3) is 5.51. The van der Waals surface area contributed by atoms with E-state index in [0.717, 1.165) is 0 Å². The van der Waals surface area contributed by atoms with Crippen LogP contribution in [0.1, 0.15) is 64.7 Å². The molecule has 0 spiro atoms. The van der Waals surface area contributed by atoms with Gasteiger partial charge in [0.1, 0.15) is 0 Å². The number of allylic oxidation sites excluding steroid dienone is 2. The molecule has 0 nitrogen and oxygen atoms in total. The monoisotopic (exact) mass is 244 g/mol. The van der Waals surface area contributed by atoms with Gasteiger partial charge in [-0.2, -0.15) is 0 Å². The Morgan fingerprint density at radius 2 is 1.54 bits per heavy atom. The van der Waals surface area contributed by atoms with Crippen molar-refractivity contribution in [3.05, 3.63) is 10.1 Å². The molecular formula is C12H21Br. The first-order valence-corrected chi connectivity index (χ1v) is 6.50. The number of halogens is 1. The molecule has 0 bridgehead atoms. The van der Waals surface area contributed by atoms with Crippen LogP contribution in [0.15, 0.2) is 10.1 Å². The third-order valence-corrected chi connectivity index (χ3v) is 3.55. The van der Waals surface area contributed by atoms with Gasteiger partial charge in [-0.1, -0.05) is 67.0 Å². The molecule has 0 amide bonds. The maximum Gasteiger partial charge on any atom is 0.00101 e. The molecule has 0 aromatic rings. The molecule has 13 heavy (non-hydrogen) atoms. The maximum atomic E-state index is 3.53. The Kier molecular flexibility index (Phi) is 5.77. The zero-order valence-corrected chi connectivity index (χ0v) is 10.3. The zero-order chi connectivity index (χ0) is 9.52. The minimum Gasteiger partial charge on any atom is -0.0654 e. The fourth-order valence-corrected chi connectivity index (χ4v) is 2.20. The van der Waals surface area contributed by atoms with Gasteiger partial charge in [0.2, 0.25) is 0 Å². The van der Waals surface area contributed by atoms with Crippen molar-refractivity contribution in [3.8, 4) is 0 Å². The van der Waals surface area contributed by atoms with Gasteiger partial charge in [0, 0.05) is 6.42 Å². The summed E-state index contributed by atoms with van der Waals surface area (Å²) >= 11 is 3.53. The van der Waals surface area contributed by atoms with E-state index in [4.69, 9.17) is 0 Å². The fraction of sp³-hybridized carbons (Fsp3) is 0.833. The van der Waals surface area contributed by atoms with E-state index in [-0.39, 0.29) is 0 Å². The summed E-state index contributed by atoms with van der Waals surface area (Å²) in [5.41, 5.74) is 1.67. The predicted molar refractivity (Wildman–Crippen MR) is 63.2 cm³/mol. The highest BCUT2D eigenvalue weighted by Gasteiger charge is 2.16. The highest BCUT2D eigenvalue weighted by atomic mass is 79.9. The quantitative estimate of drug-likeness (QED) is 0.517. The van der Waals surface area contributed by atoms with Crippen LogP contribution in [-0.2, 0) is 0 Å². The van der Waals surface area contributed by atoms with Gasteiger partial charge in [0.05, 0.1) is 0 Å². The van der Waals surface area contributed by atoms with Gasteiger partial charge in [-0.3, -0.25) is 0 Å². The van der Waals surface area contributed by atoms with Crippen molar-refractivity contribution in [2.45, 2.75) is 64.7 Å². The largest absolute Gasteiger partial charge is 0.0654 e. The second kappa shape index (κ2) is 6.64. The van der Waals surface area contributed by atoms with E-state index in [1.807, 2.05) is 0 Å². The van der Waals surface area contributed by atoms with Crippen molar-refractivity contribution in [2.75, 3.05) is 0 Å². The van der Waals surface area contributed by atoms with Gasteiger partial charge in [0.15, 0.2) is 0 Å². The molecule has 76 valence electrons. The van der Waals surface area contributed by atoms with Crippen LogP contribution in [0.4, 0.5) is 0 Å². The van der Waals surface area contributed by atoms with Crippen LogP contribution in [0.3, 0.4) is 0 Å². The average molecular weight is 245 g/mol. The summed E-state index contributed by atoms with van der Waals surface area (Å²) in [7, 11) is 0. The molecular weight excluding hydrogens is 224 g/mol. The van der Waals surface area contributed by atoms with Gasteiger partial charge in [0.25, 0.3) is 0 Å². The lowest BCUT2D eigenvalue weighted by molar-refractivity contribution is 0.590. The Hall–Kier alpha value is 0.220. The van der Waals surface area contributed by atoms with Crippen LogP contribution >= 0.6 is 15.9 Å². The van der Waals surface area contributed by atoms with Gasteiger partial charge in [-0.05, 0) is 17.3 Å². The standard InChI is InChI=1S/C12H21Br/c1-2-3-4-5-6-7-8-9-11-10-12(11)13/h2-10H2,1H3. The maximum absolute atomic E-state index is 3.53. The molecule has 1 aliphatic carbocycles. The lowest BCUT2D eigenvalue weighted by Gasteiger charge is -1.98. The van der Waals surface area contributed by atoms with Crippen molar-refractivity contribution < 1.29 is 0 Å². The van der Waals surface area contributed by atoms with Gasteiger partial charge < -0.3 is 0 Å². The van der Waals surface area contributed by atoms with Crippen molar-refractivity contribution >= 4 is 15.9 Å². The number of rotatable bonds is 8. The molecule has 0 saturated heterocycles. The summed E-state index contributed by atoms with van der Waals surface area (Å²) in [6, 6.07) is 0. The molecule has 0 fully saturated rings. The summed E-state index contributed by atoms with van der Waals surface area (Å²) in [6.45, 7) is 2.27. The summed E-state index contributed by atoms with van der Waals surface area (Å²) in [4.78, 5) is 0. The molecule has 0 radical (unpaired) electrons. The lowest BCUT2D eigenvalue weighted by Crippen LogP contribution is -1.79. The van der Waals surface area contributed by atoms with Crippen LogP contribution < -0.4 is 0 Å². The smallest absolute Gasteiger partial charge is 0.00101 e. The summed E-state index contributed by atoms with van der Waals surface area (Å²) in [5.74, 6) is 0. The van der Waals surface area contributed by atoms with Crippen molar-refractivity contribution in [2.24, 2.45) is 0 Å². The van der Waals surface area contributed by atoms with Crippen LogP contribution in [0.2, 0.25) is 0 Å². The van der Waals surface area contributed by atoms with Crippen LogP contribution in [0.5, 0.6) is 0 Å². The molecule has 1 rings (SSSR count). The Morgan fingerprint density at radius 3 is 2.08 bits per heavy atom. The van der Waals surface area contributed by atoms with E-state index in [1.54, 1.807) is 5.57 Å². The van der Waals surface area contributed by atoms with Crippen molar-refractivity contribution in [3.63, 3.8) is 0 Å². The van der Waals surface area contributed by atoms with E-state index in [1.165, 1.54) is 62.3 Å². The molecule has 0 aromatic heterocycles. The van der Waals surface area contributed by atoms with Crippen LogP contribution in [-0.4, -0.2) is 0 Å². The van der Waals surface area contributed by atoms with E-state index in [2.05, 4.69) is 22.9 Å². The minimum absolute atomic E-state index is 1.27. The lowest BCUT2D eigenvalue weighted by atomic mass is 10.1. The molecule has 0 unspecified atom stereocenters. The average Bonchev–Trinajstić information content (AvgIpc) is 2.81. The summed E-state index contributed by atoms with van der Waals surface area (Å²) in [6.07, 6.45) is 12.6. The van der Waals surface area contributed by atoms with E-state index in [9.17, 15) is 0 Å². The van der Waals surface area contributed by atoms with Crippen LogP contribution in [0.25, 0.3) is 0 Å². The van der Waals surface area contributed by atoms with Crippen molar-refractivity contribution in [1.82, 2.24) is 0 Å². The van der Waals surface area contributed by atoms with E-state index < -0.39 is 0 Å². The molecule has 0 aliphatic heterocycles. The van der Waals surface area contributed by atoms with Crippen LogP contribution in [0, 0.1) is 0 Å². The molecule has 0 heterocycles. The second-order valence-corrected chi connectivity index (χ2v) is 5.01. The van der Waals surface area contributed by atoms with Gasteiger partial charge in [-0.25, -0.2) is 0 Å². The Bertz CT molecular complexity index is 170. The topological polar surface area (TPSA) is 0 Å². The van der Waals surface area contributed by atoms with Gasteiger partial charge in [-0.15, -0.1) is 0 Å². The summed E-state index contributed by atoms with van der Waals surface area (Å²) in [5, 5.41) is 0. The molecule has 1 aliphatic rings. The summed E-state index contributed by atoms with van der Waals surface area (Å²) < 4.78 is 1.48. The number of unbranched alkanes of at least 4 members (excludes halogenated alkanes) is 6. The predicted octanol–water partition coefficient (Wildman–Crippen LogP) is 5.18. The highest BCUT2D eigenvalue weighted by Crippen LogP contribution is 2.39. The molecule has 0 saturated carbocycles. The number of hydrogen-bond acceptors (Lipinski definition) is 0. The molecule has 1 heteroatoms. The Morgan fingerprint density at radius 1 is 1.00 bits per heavy atom. The highest BCUT2D eigenvalue weighted by molar-refractivity contribution is 9.12. The molecule has 0 atom stereocenters. The van der Waals surface area contributed by atoms with E-state index in [0.29, 0.717) is 0 Å². The molecule has 0 N–H and O–H groups in total. The first-order valence-electron chi connectivity index (χ1n) is 5.71. The number of hydrogen-bond donors (Lipinski definition) is 0. The third-order valence-electron chi connectivity index (χ3n) is 2.71. The fourth-order valence-electron chi connectivity index (χ4n) is 1.66. The SMILES string of the molecule is CCCCCCCCCC1=C(Br)C1. The first-order chi connectivity index (χ1) is 6.34. The second-order valence-electron chi connectivity index (χ2n) is 4.06. The normalized spacial score (nSPS) is 15.2. The Labute approximate surface area is 90.9 Å². The first kappa shape index (κ1) is 11.3. The van der Waals surface area contributed by atoms with Crippen molar-refractivity contribution in [1.29, 1.82) is 0 Å². The zero-order valence-electron chi connectivity index (χ0n) is 8.74.